The van der Waals surface area contributed by atoms with E-state index in [0.717, 1.165) is 13.0 Å². The van der Waals surface area contributed by atoms with Crippen molar-refractivity contribution in [3.05, 3.63) is 17.6 Å². The second kappa shape index (κ2) is 7.42. The maximum atomic E-state index is 12.3. The zero-order valence-corrected chi connectivity index (χ0v) is 13.8. The molecule has 1 aromatic heterocycles. The molecule has 0 radical (unpaired) electrons. The minimum Gasteiger partial charge on any atom is -0.464 e. The van der Waals surface area contributed by atoms with Crippen molar-refractivity contribution in [2.45, 2.75) is 57.4 Å². The smallest absolute Gasteiger partial charge is 0.244 e. The summed E-state index contributed by atoms with van der Waals surface area (Å²) >= 11 is 0. The van der Waals surface area contributed by atoms with Crippen LogP contribution in [0.5, 0.6) is 0 Å². The van der Waals surface area contributed by atoms with Crippen molar-refractivity contribution in [3.63, 3.8) is 0 Å². The molecule has 5 nitrogen and oxygen atoms in total. The van der Waals surface area contributed by atoms with Crippen molar-refractivity contribution in [2.24, 2.45) is 5.92 Å². The molecule has 0 aliphatic heterocycles. The molecule has 2 rings (SSSR count). The minimum absolute atomic E-state index is 0.266. The second-order valence-corrected chi connectivity index (χ2v) is 7.49. The zero-order valence-electron chi connectivity index (χ0n) is 12.9. The average molecular weight is 314 g/mol. The predicted octanol–water partition coefficient (Wildman–Crippen LogP) is 2.56. The van der Waals surface area contributed by atoms with Gasteiger partial charge >= 0.3 is 0 Å². The molecule has 0 aromatic carbocycles. The molecule has 0 saturated heterocycles. The second-order valence-electron chi connectivity index (χ2n) is 5.75. The molecule has 6 heteroatoms. The Morgan fingerprint density at radius 3 is 2.71 bits per heavy atom. The van der Waals surface area contributed by atoms with Gasteiger partial charge in [-0.25, -0.2) is 13.1 Å². The van der Waals surface area contributed by atoms with Crippen molar-refractivity contribution in [3.8, 4) is 0 Å². The Labute approximate surface area is 127 Å². The summed E-state index contributed by atoms with van der Waals surface area (Å²) in [5.41, 5.74) is 0. The monoisotopic (exact) mass is 314 g/mol. The van der Waals surface area contributed by atoms with Gasteiger partial charge in [0.25, 0.3) is 0 Å². The molecule has 0 bridgehead atoms. The van der Waals surface area contributed by atoms with E-state index in [-0.39, 0.29) is 4.90 Å². The number of sulfonamides is 1. The molecule has 0 spiro atoms. The van der Waals surface area contributed by atoms with Crippen LogP contribution in [-0.4, -0.2) is 21.5 Å². The van der Waals surface area contributed by atoms with Crippen LogP contribution in [0.3, 0.4) is 0 Å². The van der Waals surface area contributed by atoms with Crippen LogP contribution >= 0.6 is 0 Å². The summed E-state index contributed by atoms with van der Waals surface area (Å²) in [5, 5.41) is 3.13. The fourth-order valence-corrected chi connectivity index (χ4v) is 4.15. The molecule has 0 unspecified atom stereocenters. The first kappa shape index (κ1) is 16.5. The molecule has 21 heavy (non-hydrogen) atoms. The fraction of sp³-hybridized carbons (Fsp3) is 0.733. The van der Waals surface area contributed by atoms with Gasteiger partial charge in [0, 0.05) is 12.6 Å². The van der Waals surface area contributed by atoms with Gasteiger partial charge in [-0.2, -0.15) is 0 Å². The average Bonchev–Trinajstić information content (AvgIpc) is 3.06. The van der Waals surface area contributed by atoms with E-state index in [4.69, 9.17) is 4.42 Å². The zero-order chi connectivity index (χ0) is 15.3. The van der Waals surface area contributed by atoms with Gasteiger partial charge in [0.15, 0.2) is 0 Å². The Morgan fingerprint density at radius 2 is 2.05 bits per heavy atom. The van der Waals surface area contributed by atoms with Gasteiger partial charge < -0.3 is 9.73 Å². The van der Waals surface area contributed by atoms with Gasteiger partial charge in [0.1, 0.15) is 16.4 Å². The van der Waals surface area contributed by atoms with Gasteiger partial charge in [-0.1, -0.05) is 32.6 Å². The maximum absolute atomic E-state index is 12.3. The molecular formula is C15H26N2O3S. The highest BCUT2D eigenvalue weighted by Gasteiger charge is 2.22. The summed E-state index contributed by atoms with van der Waals surface area (Å²) in [6.07, 6.45) is 5.97. The lowest BCUT2D eigenvalue weighted by atomic mass is 10.1. The number of furan rings is 1. The molecule has 1 aromatic rings. The largest absolute Gasteiger partial charge is 0.464 e. The van der Waals surface area contributed by atoms with Crippen molar-refractivity contribution in [2.75, 3.05) is 13.1 Å². The summed E-state index contributed by atoms with van der Waals surface area (Å²) in [7, 11) is -3.46. The topological polar surface area (TPSA) is 71.3 Å². The highest BCUT2D eigenvalue weighted by molar-refractivity contribution is 7.89. The SMILES string of the molecule is CCNCc1cc(S(=O)(=O)NCCC2CCCC2)c(C)o1. The lowest BCUT2D eigenvalue weighted by Gasteiger charge is -2.09. The third kappa shape index (κ3) is 4.56. The van der Waals surface area contributed by atoms with Crippen molar-refractivity contribution in [1.82, 2.24) is 10.0 Å². The summed E-state index contributed by atoms with van der Waals surface area (Å²) in [4.78, 5) is 0.266. The summed E-state index contributed by atoms with van der Waals surface area (Å²) < 4.78 is 32.9. The van der Waals surface area contributed by atoms with Crippen LogP contribution in [0, 0.1) is 12.8 Å². The Bertz CT molecular complexity index is 545. The predicted molar refractivity (Wildman–Crippen MR) is 82.6 cm³/mol. The lowest BCUT2D eigenvalue weighted by molar-refractivity contribution is 0.459. The molecule has 1 aliphatic rings. The van der Waals surface area contributed by atoms with Crippen molar-refractivity contribution in [1.29, 1.82) is 0 Å². The van der Waals surface area contributed by atoms with E-state index in [1.54, 1.807) is 13.0 Å². The van der Waals surface area contributed by atoms with E-state index in [1.807, 2.05) is 6.92 Å². The maximum Gasteiger partial charge on any atom is 0.244 e. The first-order chi connectivity index (χ1) is 10.0. The highest BCUT2D eigenvalue weighted by Crippen LogP contribution is 2.27. The van der Waals surface area contributed by atoms with Gasteiger partial charge in [-0.05, 0) is 25.8 Å². The number of aryl methyl sites for hydroxylation is 1. The first-order valence-electron chi connectivity index (χ1n) is 7.82. The van der Waals surface area contributed by atoms with Crippen molar-refractivity contribution < 1.29 is 12.8 Å². The van der Waals surface area contributed by atoms with Gasteiger partial charge in [0.2, 0.25) is 10.0 Å². The summed E-state index contributed by atoms with van der Waals surface area (Å²) in [6.45, 7) is 5.58. The van der Waals surface area contributed by atoms with Gasteiger partial charge in [-0.15, -0.1) is 0 Å². The molecule has 120 valence electrons. The van der Waals surface area contributed by atoms with E-state index in [0.29, 0.717) is 30.5 Å². The van der Waals surface area contributed by atoms with Crippen LogP contribution in [0.4, 0.5) is 0 Å². The standard InChI is InChI=1S/C15H26N2O3S/c1-3-16-11-14-10-15(12(2)20-14)21(18,19)17-9-8-13-6-4-5-7-13/h10,13,16-17H,3-9,11H2,1-2H3. The third-order valence-electron chi connectivity index (χ3n) is 4.08. The van der Waals surface area contributed by atoms with Crippen LogP contribution in [0.1, 0.15) is 50.5 Å². The Morgan fingerprint density at radius 1 is 1.33 bits per heavy atom. The van der Waals surface area contributed by atoms with E-state index in [2.05, 4.69) is 10.0 Å². The normalized spacial score (nSPS) is 16.7. The van der Waals surface area contributed by atoms with Gasteiger partial charge in [0.05, 0.1) is 6.54 Å². The van der Waals surface area contributed by atoms with Crippen molar-refractivity contribution >= 4 is 10.0 Å². The number of nitrogens with one attached hydrogen (secondary N) is 2. The van der Waals surface area contributed by atoms with Gasteiger partial charge in [-0.3, -0.25) is 0 Å². The molecule has 1 heterocycles. The molecule has 1 aliphatic carbocycles. The molecule has 0 amide bonds. The number of hydrogen-bond donors (Lipinski definition) is 2. The summed E-state index contributed by atoms with van der Waals surface area (Å²) in [5.74, 6) is 1.80. The van der Waals surface area contributed by atoms with Crippen LogP contribution in [0.15, 0.2) is 15.4 Å². The highest BCUT2D eigenvalue weighted by atomic mass is 32.2. The fourth-order valence-electron chi connectivity index (χ4n) is 2.90. The summed E-state index contributed by atoms with van der Waals surface area (Å²) in [6, 6.07) is 1.62. The van der Waals surface area contributed by atoms with E-state index >= 15 is 0 Å². The third-order valence-corrected chi connectivity index (χ3v) is 5.65. The number of rotatable bonds is 8. The van der Waals surface area contributed by atoms with E-state index in [9.17, 15) is 8.42 Å². The minimum atomic E-state index is -3.46. The van der Waals surface area contributed by atoms with Crippen LogP contribution in [0.25, 0.3) is 0 Å². The molecule has 1 saturated carbocycles. The molecule has 1 fully saturated rings. The van der Waals surface area contributed by atoms with Crippen LogP contribution in [0.2, 0.25) is 0 Å². The quantitative estimate of drug-likeness (QED) is 0.773. The molecular weight excluding hydrogens is 288 g/mol. The van der Waals surface area contributed by atoms with Crippen LogP contribution in [-0.2, 0) is 16.6 Å². The van der Waals surface area contributed by atoms with E-state index in [1.165, 1.54) is 25.7 Å². The Hall–Kier alpha value is -0.850. The Kier molecular flexibility index (Phi) is 5.84. The molecule has 2 N–H and O–H groups in total. The number of hydrogen-bond acceptors (Lipinski definition) is 4. The lowest BCUT2D eigenvalue weighted by Crippen LogP contribution is -2.26. The van der Waals surface area contributed by atoms with E-state index < -0.39 is 10.0 Å². The molecule has 0 atom stereocenters. The van der Waals surface area contributed by atoms with Crippen LogP contribution < -0.4 is 10.0 Å². The first-order valence-corrected chi connectivity index (χ1v) is 9.31. The Balaban J connectivity index is 1.93.